The van der Waals surface area contributed by atoms with Crippen LogP contribution in [0.1, 0.15) is 73.1 Å². The fraction of sp³-hybridized carbons (Fsp3) is 0.875. The molecule has 4 saturated carbocycles. The number of rotatable bonds is 8. The van der Waals surface area contributed by atoms with Crippen LogP contribution >= 0.6 is 0 Å². The standard InChI is InChI=1S/C24H36O7/c1-6-28-14(3)29-22(27)23(4,5)19-18(20(25)30-21(19)26)13(2)31-24-10-15-7-16(11-24)9-17(8-15)12-24/h13-19H,6-12H2,1-5H3. The highest BCUT2D eigenvalue weighted by Gasteiger charge is 2.60. The molecule has 5 fully saturated rings. The molecule has 0 amide bonds. The molecule has 5 rings (SSSR count). The summed E-state index contributed by atoms with van der Waals surface area (Å²) in [5, 5.41) is 0. The predicted molar refractivity (Wildman–Crippen MR) is 110 cm³/mol. The number of carbonyl (C=O) groups excluding carboxylic acids is 3. The first-order valence-electron chi connectivity index (χ1n) is 11.8. The summed E-state index contributed by atoms with van der Waals surface area (Å²) in [6.45, 7) is 8.94. The monoisotopic (exact) mass is 436 g/mol. The average molecular weight is 437 g/mol. The first kappa shape index (κ1) is 22.7. The molecule has 5 aliphatic rings. The summed E-state index contributed by atoms with van der Waals surface area (Å²) < 4.78 is 22.4. The van der Waals surface area contributed by atoms with E-state index in [0.29, 0.717) is 24.4 Å². The Kier molecular flexibility index (Phi) is 5.97. The summed E-state index contributed by atoms with van der Waals surface area (Å²) in [5.41, 5.74) is -1.46. The SMILES string of the molecule is CCOC(C)OC(=O)C(C)(C)C1C(=O)OC(=O)C1C(C)OC12CC3CC(CC(C3)C1)C2. The van der Waals surface area contributed by atoms with Crippen molar-refractivity contribution < 1.29 is 33.3 Å². The normalized spacial score (nSPS) is 38.8. The van der Waals surface area contributed by atoms with Crippen LogP contribution in [-0.2, 0) is 33.3 Å². The lowest BCUT2D eigenvalue weighted by Gasteiger charge is -2.57. The van der Waals surface area contributed by atoms with Crippen molar-refractivity contribution in [2.45, 2.75) is 91.1 Å². The molecule has 0 N–H and O–H groups in total. The number of hydrogen-bond donors (Lipinski definition) is 0. The van der Waals surface area contributed by atoms with Gasteiger partial charge in [-0.15, -0.1) is 0 Å². The van der Waals surface area contributed by atoms with Crippen LogP contribution in [0.2, 0.25) is 0 Å². The van der Waals surface area contributed by atoms with Gasteiger partial charge < -0.3 is 18.9 Å². The van der Waals surface area contributed by atoms with Gasteiger partial charge in [-0.2, -0.15) is 0 Å². The van der Waals surface area contributed by atoms with Gasteiger partial charge in [-0.25, -0.2) is 0 Å². The maximum absolute atomic E-state index is 12.9. The molecule has 4 aliphatic carbocycles. The van der Waals surface area contributed by atoms with E-state index in [-0.39, 0.29) is 5.60 Å². The summed E-state index contributed by atoms with van der Waals surface area (Å²) in [4.78, 5) is 38.3. The molecule has 4 unspecified atom stereocenters. The Hall–Kier alpha value is -1.47. The Balaban J connectivity index is 1.51. The lowest BCUT2D eigenvalue weighted by Crippen LogP contribution is -2.54. The second kappa shape index (κ2) is 8.14. The van der Waals surface area contributed by atoms with Gasteiger partial charge in [-0.3, -0.25) is 14.4 Å². The maximum Gasteiger partial charge on any atom is 0.320 e. The molecule has 0 aromatic rings. The van der Waals surface area contributed by atoms with Gasteiger partial charge in [0.05, 0.1) is 29.0 Å². The Morgan fingerprint density at radius 1 is 1.06 bits per heavy atom. The van der Waals surface area contributed by atoms with E-state index in [1.165, 1.54) is 19.3 Å². The molecule has 0 radical (unpaired) electrons. The highest BCUT2D eigenvalue weighted by atomic mass is 16.7. The zero-order valence-electron chi connectivity index (χ0n) is 19.3. The molecule has 7 nitrogen and oxygen atoms in total. The topological polar surface area (TPSA) is 88.1 Å². The first-order valence-corrected chi connectivity index (χ1v) is 11.8. The van der Waals surface area contributed by atoms with Gasteiger partial charge in [0.15, 0.2) is 6.29 Å². The second-order valence-corrected chi connectivity index (χ2v) is 10.8. The maximum atomic E-state index is 12.9. The minimum atomic E-state index is -1.25. The Morgan fingerprint density at radius 2 is 1.61 bits per heavy atom. The van der Waals surface area contributed by atoms with Crippen molar-refractivity contribution in [3.8, 4) is 0 Å². The molecule has 4 bridgehead atoms. The van der Waals surface area contributed by atoms with E-state index < -0.39 is 47.6 Å². The molecule has 4 atom stereocenters. The van der Waals surface area contributed by atoms with Gasteiger partial charge in [0.1, 0.15) is 0 Å². The fourth-order valence-corrected chi connectivity index (χ4v) is 7.06. The van der Waals surface area contributed by atoms with Crippen molar-refractivity contribution in [3.63, 3.8) is 0 Å². The lowest BCUT2D eigenvalue weighted by molar-refractivity contribution is -0.203. The first-order chi connectivity index (χ1) is 14.5. The van der Waals surface area contributed by atoms with E-state index in [2.05, 4.69) is 0 Å². The zero-order valence-corrected chi connectivity index (χ0v) is 19.3. The van der Waals surface area contributed by atoms with E-state index in [9.17, 15) is 14.4 Å². The van der Waals surface area contributed by atoms with Crippen molar-refractivity contribution in [1.29, 1.82) is 0 Å². The van der Waals surface area contributed by atoms with Crippen molar-refractivity contribution in [1.82, 2.24) is 0 Å². The molecule has 174 valence electrons. The van der Waals surface area contributed by atoms with Crippen molar-refractivity contribution >= 4 is 17.9 Å². The number of ether oxygens (including phenoxy) is 4. The van der Waals surface area contributed by atoms with E-state index in [1.54, 1.807) is 20.8 Å². The summed E-state index contributed by atoms with van der Waals surface area (Å²) in [7, 11) is 0. The molecule has 7 heteroatoms. The lowest BCUT2D eigenvalue weighted by atomic mass is 9.54. The quantitative estimate of drug-likeness (QED) is 0.326. The minimum Gasteiger partial charge on any atom is -0.436 e. The molecule has 31 heavy (non-hydrogen) atoms. The van der Waals surface area contributed by atoms with Crippen LogP contribution in [0.3, 0.4) is 0 Å². The van der Waals surface area contributed by atoms with Crippen LogP contribution in [0.4, 0.5) is 0 Å². The number of cyclic esters (lactones) is 2. The number of carbonyl (C=O) groups is 3. The average Bonchev–Trinajstić information content (AvgIpc) is 2.95. The summed E-state index contributed by atoms with van der Waals surface area (Å²) >= 11 is 0. The highest BCUT2D eigenvalue weighted by Crippen LogP contribution is 2.58. The third-order valence-electron chi connectivity index (χ3n) is 7.99. The Morgan fingerprint density at radius 3 is 2.13 bits per heavy atom. The van der Waals surface area contributed by atoms with Crippen LogP contribution in [-0.4, -0.2) is 42.5 Å². The molecule has 0 aromatic heterocycles. The second-order valence-electron chi connectivity index (χ2n) is 10.8. The Bertz CT molecular complexity index is 707. The van der Waals surface area contributed by atoms with E-state index in [0.717, 1.165) is 19.3 Å². The fourth-order valence-electron chi connectivity index (χ4n) is 7.06. The smallest absolute Gasteiger partial charge is 0.320 e. The van der Waals surface area contributed by atoms with Crippen LogP contribution in [0.15, 0.2) is 0 Å². The predicted octanol–water partition coefficient (Wildman–Crippen LogP) is 3.63. The van der Waals surface area contributed by atoms with Crippen molar-refractivity contribution in [2.75, 3.05) is 6.61 Å². The summed E-state index contributed by atoms with van der Waals surface area (Å²) in [6.07, 6.45) is 5.71. The molecule has 1 aliphatic heterocycles. The largest absolute Gasteiger partial charge is 0.436 e. The van der Waals surface area contributed by atoms with Gasteiger partial charge in [-0.1, -0.05) is 0 Å². The Labute approximate surface area is 184 Å². The van der Waals surface area contributed by atoms with Gasteiger partial charge in [0.25, 0.3) is 0 Å². The third-order valence-corrected chi connectivity index (χ3v) is 7.99. The van der Waals surface area contributed by atoms with E-state index >= 15 is 0 Å². The highest BCUT2D eigenvalue weighted by molar-refractivity contribution is 6.00. The molecule has 0 aromatic carbocycles. The van der Waals surface area contributed by atoms with Crippen molar-refractivity contribution in [3.05, 3.63) is 0 Å². The number of esters is 3. The minimum absolute atomic E-state index is 0.210. The molecule has 0 spiro atoms. The van der Waals surface area contributed by atoms with E-state index in [1.807, 2.05) is 13.8 Å². The third kappa shape index (κ3) is 4.15. The van der Waals surface area contributed by atoms with Gasteiger partial charge in [0, 0.05) is 6.61 Å². The van der Waals surface area contributed by atoms with Crippen LogP contribution in [0, 0.1) is 35.0 Å². The van der Waals surface area contributed by atoms with Gasteiger partial charge >= 0.3 is 17.9 Å². The van der Waals surface area contributed by atoms with Gasteiger partial charge in [-0.05, 0) is 90.9 Å². The molecule has 1 heterocycles. The van der Waals surface area contributed by atoms with Crippen LogP contribution < -0.4 is 0 Å². The van der Waals surface area contributed by atoms with E-state index in [4.69, 9.17) is 18.9 Å². The van der Waals surface area contributed by atoms with Crippen molar-refractivity contribution in [2.24, 2.45) is 35.0 Å². The summed E-state index contributed by atoms with van der Waals surface area (Å²) in [5.74, 6) is -1.53. The molecular formula is C24H36O7. The van der Waals surface area contributed by atoms with Crippen LogP contribution in [0.25, 0.3) is 0 Å². The number of hydrogen-bond acceptors (Lipinski definition) is 7. The van der Waals surface area contributed by atoms with Crippen LogP contribution in [0.5, 0.6) is 0 Å². The molecular weight excluding hydrogens is 400 g/mol. The zero-order chi connectivity index (χ0) is 22.6. The summed E-state index contributed by atoms with van der Waals surface area (Å²) in [6, 6.07) is 0. The molecule has 1 saturated heterocycles. The van der Waals surface area contributed by atoms with Gasteiger partial charge in [0.2, 0.25) is 0 Å².